The summed E-state index contributed by atoms with van der Waals surface area (Å²) in [4.78, 5) is 30.1. The number of dihydropyridines is 1. The average Bonchev–Trinajstić information content (AvgIpc) is 2.32. The molecule has 1 atom stereocenters. The summed E-state index contributed by atoms with van der Waals surface area (Å²) in [6.45, 7) is 1.37. The Morgan fingerprint density at radius 1 is 1.35 bits per heavy atom. The maximum absolute atomic E-state index is 11.4. The SMILES string of the molecule is CC(=O)NC1C=C(c2ccncc2)C=NC1=O. The summed E-state index contributed by atoms with van der Waals surface area (Å²) in [5, 5.41) is 2.54. The molecule has 1 aliphatic heterocycles. The van der Waals surface area contributed by atoms with E-state index in [9.17, 15) is 9.59 Å². The highest BCUT2D eigenvalue weighted by atomic mass is 16.2. The first-order chi connectivity index (χ1) is 8.16. The van der Waals surface area contributed by atoms with E-state index in [4.69, 9.17) is 0 Å². The summed E-state index contributed by atoms with van der Waals surface area (Å²) in [6.07, 6.45) is 6.50. The molecule has 5 heteroatoms. The molecule has 1 aromatic heterocycles. The highest BCUT2D eigenvalue weighted by Crippen LogP contribution is 2.15. The van der Waals surface area contributed by atoms with Gasteiger partial charge in [-0.05, 0) is 29.3 Å². The summed E-state index contributed by atoms with van der Waals surface area (Å²) in [6, 6.07) is 2.96. The molecule has 0 fully saturated rings. The maximum Gasteiger partial charge on any atom is 0.272 e. The Hall–Kier alpha value is -2.30. The lowest BCUT2D eigenvalue weighted by Crippen LogP contribution is -2.38. The van der Waals surface area contributed by atoms with Gasteiger partial charge in [-0.1, -0.05) is 0 Å². The molecule has 5 nitrogen and oxygen atoms in total. The van der Waals surface area contributed by atoms with Crippen LogP contribution in [-0.4, -0.2) is 29.1 Å². The fourth-order valence-corrected chi connectivity index (χ4v) is 1.54. The van der Waals surface area contributed by atoms with Gasteiger partial charge in [0, 0.05) is 25.5 Å². The number of nitrogens with zero attached hydrogens (tertiary/aromatic N) is 2. The predicted octanol–water partition coefficient (Wildman–Crippen LogP) is 0.581. The van der Waals surface area contributed by atoms with Crippen LogP contribution in [0.15, 0.2) is 35.6 Å². The van der Waals surface area contributed by atoms with Gasteiger partial charge < -0.3 is 5.32 Å². The van der Waals surface area contributed by atoms with Crippen molar-refractivity contribution in [3.05, 3.63) is 36.2 Å². The third-order valence-electron chi connectivity index (χ3n) is 2.32. The van der Waals surface area contributed by atoms with Gasteiger partial charge in [-0.2, -0.15) is 0 Å². The van der Waals surface area contributed by atoms with Gasteiger partial charge >= 0.3 is 0 Å². The number of nitrogens with one attached hydrogen (secondary N) is 1. The molecule has 1 aromatic rings. The van der Waals surface area contributed by atoms with Crippen LogP contribution in [0.3, 0.4) is 0 Å². The Labute approximate surface area is 98.3 Å². The van der Waals surface area contributed by atoms with Crippen molar-refractivity contribution >= 4 is 23.6 Å². The van der Waals surface area contributed by atoms with Crippen molar-refractivity contribution < 1.29 is 9.59 Å². The van der Waals surface area contributed by atoms with Gasteiger partial charge in [0.15, 0.2) is 0 Å². The summed E-state index contributed by atoms with van der Waals surface area (Å²) in [5.41, 5.74) is 1.71. The zero-order valence-electron chi connectivity index (χ0n) is 9.25. The lowest BCUT2D eigenvalue weighted by atomic mass is 10.0. The van der Waals surface area contributed by atoms with Gasteiger partial charge in [0.2, 0.25) is 5.91 Å². The number of amides is 2. The molecule has 1 aliphatic rings. The highest BCUT2D eigenvalue weighted by Gasteiger charge is 2.20. The van der Waals surface area contributed by atoms with E-state index in [1.165, 1.54) is 13.1 Å². The second-order valence-corrected chi connectivity index (χ2v) is 3.63. The van der Waals surface area contributed by atoms with Crippen LogP contribution in [0.4, 0.5) is 0 Å². The van der Waals surface area contributed by atoms with E-state index >= 15 is 0 Å². The summed E-state index contributed by atoms with van der Waals surface area (Å²) in [5.74, 6) is -0.621. The number of pyridine rings is 1. The van der Waals surface area contributed by atoms with Crippen LogP contribution in [-0.2, 0) is 9.59 Å². The average molecular weight is 229 g/mol. The second-order valence-electron chi connectivity index (χ2n) is 3.63. The number of aromatic nitrogens is 1. The van der Waals surface area contributed by atoms with E-state index in [0.29, 0.717) is 0 Å². The monoisotopic (exact) mass is 229 g/mol. The molecule has 0 aromatic carbocycles. The standard InChI is InChI=1S/C12H11N3O2/c1-8(16)15-11-6-10(7-14-12(11)17)9-2-4-13-5-3-9/h2-7,11H,1H3,(H,15,16). The Kier molecular flexibility index (Phi) is 3.09. The molecule has 86 valence electrons. The van der Waals surface area contributed by atoms with Crippen molar-refractivity contribution in [3.63, 3.8) is 0 Å². The van der Waals surface area contributed by atoms with Gasteiger partial charge in [0.1, 0.15) is 6.04 Å². The lowest BCUT2D eigenvalue weighted by Gasteiger charge is -2.15. The third kappa shape index (κ3) is 2.63. The largest absolute Gasteiger partial charge is 0.341 e. The highest BCUT2D eigenvalue weighted by molar-refractivity contribution is 6.17. The molecule has 1 N–H and O–H groups in total. The number of hydrogen-bond acceptors (Lipinski definition) is 3. The minimum Gasteiger partial charge on any atom is -0.341 e. The summed E-state index contributed by atoms with van der Waals surface area (Å²) in [7, 11) is 0. The Morgan fingerprint density at radius 2 is 2.06 bits per heavy atom. The number of aliphatic imine (C=N–C) groups is 1. The van der Waals surface area contributed by atoms with E-state index in [1.54, 1.807) is 18.5 Å². The molecule has 0 aliphatic carbocycles. The first kappa shape index (κ1) is 11.2. The van der Waals surface area contributed by atoms with Crippen LogP contribution in [0, 0.1) is 0 Å². The van der Waals surface area contributed by atoms with Crippen molar-refractivity contribution in [3.8, 4) is 0 Å². The molecule has 0 saturated heterocycles. The van der Waals surface area contributed by atoms with E-state index < -0.39 is 6.04 Å². The molecule has 0 bridgehead atoms. The number of allylic oxidation sites excluding steroid dienone is 1. The van der Waals surface area contributed by atoms with Crippen LogP contribution in [0.2, 0.25) is 0 Å². The molecular weight excluding hydrogens is 218 g/mol. The van der Waals surface area contributed by atoms with Crippen molar-refractivity contribution in [2.24, 2.45) is 4.99 Å². The Balaban J connectivity index is 2.27. The Morgan fingerprint density at radius 3 is 2.71 bits per heavy atom. The zero-order chi connectivity index (χ0) is 12.3. The number of hydrogen-bond donors (Lipinski definition) is 1. The van der Waals surface area contributed by atoms with Crippen LogP contribution in [0.25, 0.3) is 5.57 Å². The zero-order valence-corrected chi connectivity index (χ0v) is 9.25. The van der Waals surface area contributed by atoms with Gasteiger partial charge in [0.05, 0.1) is 0 Å². The van der Waals surface area contributed by atoms with Crippen molar-refractivity contribution in [1.82, 2.24) is 10.3 Å². The lowest BCUT2D eigenvalue weighted by molar-refractivity contribution is -0.125. The van der Waals surface area contributed by atoms with E-state index in [-0.39, 0.29) is 11.8 Å². The smallest absolute Gasteiger partial charge is 0.272 e. The molecule has 2 rings (SSSR count). The van der Waals surface area contributed by atoms with Crippen molar-refractivity contribution in [2.75, 3.05) is 0 Å². The molecule has 0 spiro atoms. The van der Waals surface area contributed by atoms with Gasteiger partial charge in [-0.15, -0.1) is 0 Å². The number of carbonyl (C=O) groups excluding carboxylic acids is 2. The molecule has 1 unspecified atom stereocenters. The van der Waals surface area contributed by atoms with Gasteiger partial charge in [-0.25, -0.2) is 4.99 Å². The van der Waals surface area contributed by atoms with Gasteiger partial charge in [0.25, 0.3) is 5.91 Å². The van der Waals surface area contributed by atoms with Crippen LogP contribution < -0.4 is 5.32 Å². The van der Waals surface area contributed by atoms with Crippen molar-refractivity contribution in [2.45, 2.75) is 13.0 Å². The fourth-order valence-electron chi connectivity index (χ4n) is 1.54. The van der Waals surface area contributed by atoms with E-state index in [2.05, 4.69) is 15.3 Å². The quantitative estimate of drug-likeness (QED) is 0.806. The third-order valence-corrected chi connectivity index (χ3v) is 2.32. The van der Waals surface area contributed by atoms with Crippen LogP contribution >= 0.6 is 0 Å². The molecule has 17 heavy (non-hydrogen) atoms. The molecular formula is C12H11N3O2. The minimum absolute atomic E-state index is 0.259. The predicted molar refractivity (Wildman–Crippen MR) is 63.3 cm³/mol. The molecule has 2 amide bonds. The molecule has 0 radical (unpaired) electrons. The topological polar surface area (TPSA) is 71.4 Å². The fraction of sp³-hybridized carbons (Fsp3) is 0.167. The molecule has 2 heterocycles. The Bertz CT molecular complexity index is 506. The van der Waals surface area contributed by atoms with Crippen LogP contribution in [0.5, 0.6) is 0 Å². The summed E-state index contributed by atoms with van der Waals surface area (Å²) < 4.78 is 0. The number of carbonyl (C=O) groups is 2. The maximum atomic E-state index is 11.4. The normalized spacial score (nSPS) is 18.8. The first-order valence-corrected chi connectivity index (χ1v) is 5.14. The summed E-state index contributed by atoms with van der Waals surface area (Å²) >= 11 is 0. The van der Waals surface area contributed by atoms with E-state index in [1.807, 2.05) is 12.1 Å². The minimum atomic E-state index is -0.680. The number of rotatable bonds is 2. The first-order valence-electron chi connectivity index (χ1n) is 5.14. The second kappa shape index (κ2) is 4.69. The van der Waals surface area contributed by atoms with Crippen LogP contribution in [0.1, 0.15) is 12.5 Å². The van der Waals surface area contributed by atoms with E-state index in [0.717, 1.165) is 11.1 Å². The molecule has 0 saturated carbocycles. The van der Waals surface area contributed by atoms with Crippen molar-refractivity contribution in [1.29, 1.82) is 0 Å². The van der Waals surface area contributed by atoms with Gasteiger partial charge in [-0.3, -0.25) is 14.6 Å².